The maximum Gasteiger partial charge on any atom is 0.0772 e. The highest BCUT2D eigenvalue weighted by Gasteiger charge is 2.08. The third-order valence-corrected chi connectivity index (χ3v) is 4.04. The second-order valence-electron chi connectivity index (χ2n) is 3.77. The van der Waals surface area contributed by atoms with Crippen LogP contribution in [0.1, 0.15) is 18.6 Å². The molecule has 3 heteroatoms. The topological polar surface area (TPSA) is 20.2 Å². The molecule has 2 aromatic rings. The molecule has 88 valence electrons. The molecule has 0 radical (unpaired) electrons. The molecule has 0 aliphatic heterocycles. The zero-order valence-corrected chi connectivity index (χ0v) is 11.8. The van der Waals surface area contributed by atoms with Crippen molar-refractivity contribution < 1.29 is 5.11 Å². The van der Waals surface area contributed by atoms with E-state index in [1.807, 2.05) is 36.4 Å². The van der Waals surface area contributed by atoms with Gasteiger partial charge in [0.2, 0.25) is 0 Å². The van der Waals surface area contributed by atoms with Crippen molar-refractivity contribution in [3.05, 3.63) is 58.6 Å². The van der Waals surface area contributed by atoms with Crippen molar-refractivity contribution in [2.24, 2.45) is 0 Å². The van der Waals surface area contributed by atoms with Crippen LogP contribution < -0.4 is 0 Å². The maximum absolute atomic E-state index is 9.71. The van der Waals surface area contributed by atoms with Crippen LogP contribution in [0.15, 0.2) is 62.8 Å². The highest BCUT2D eigenvalue weighted by atomic mass is 79.9. The summed E-state index contributed by atoms with van der Waals surface area (Å²) in [5.41, 5.74) is 0.973. The molecule has 0 saturated carbocycles. The average molecular weight is 309 g/mol. The molecule has 0 aromatic heterocycles. The molecule has 0 heterocycles. The third kappa shape index (κ3) is 3.35. The van der Waals surface area contributed by atoms with Gasteiger partial charge in [-0.2, -0.15) is 0 Å². The summed E-state index contributed by atoms with van der Waals surface area (Å²) in [6, 6.07) is 16.1. The van der Waals surface area contributed by atoms with E-state index in [1.165, 1.54) is 4.90 Å². The highest BCUT2D eigenvalue weighted by Crippen LogP contribution is 2.33. The van der Waals surface area contributed by atoms with E-state index < -0.39 is 6.10 Å². The summed E-state index contributed by atoms with van der Waals surface area (Å²) < 4.78 is 1.07. The number of hydrogen-bond acceptors (Lipinski definition) is 2. The van der Waals surface area contributed by atoms with Gasteiger partial charge in [-0.1, -0.05) is 45.9 Å². The summed E-state index contributed by atoms with van der Waals surface area (Å²) >= 11 is 5.09. The van der Waals surface area contributed by atoms with Gasteiger partial charge >= 0.3 is 0 Å². The molecule has 17 heavy (non-hydrogen) atoms. The standard InChI is InChI=1S/C14H13BrOS/c1-10(16)13-4-2-3-5-14(13)17-12-8-6-11(15)7-9-12/h2-10,16H,1H3/t10-/m0/s1. The first-order valence-corrected chi connectivity index (χ1v) is 6.98. The minimum Gasteiger partial charge on any atom is -0.389 e. The van der Waals surface area contributed by atoms with Crippen molar-refractivity contribution in [2.75, 3.05) is 0 Å². The molecule has 0 amide bonds. The minimum absolute atomic E-state index is 0.436. The fraction of sp³-hybridized carbons (Fsp3) is 0.143. The second-order valence-corrected chi connectivity index (χ2v) is 5.80. The first kappa shape index (κ1) is 12.7. The molecule has 0 fully saturated rings. The Kier molecular flexibility index (Phi) is 4.26. The van der Waals surface area contributed by atoms with Crippen LogP contribution in [0.5, 0.6) is 0 Å². The van der Waals surface area contributed by atoms with Crippen LogP contribution in [0, 0.1) is 0 Å². The van der Waals surface area contributed by atoms with Gasteiger partial charge in [-0.25, -0.2) is 0 Å². The van der Waals surface area contributed by atoms with Crippen molar-refractivity contribution in [3.63, 3.8) is 0 Å². The van der Waals surface area contributed by atoms with Crippen LogP contribution in [-0.4, -0.2) is 5.11 Å². The van der Waals surface area contributed by atoms with E-state index >= 15 is 0 Å². The molecule has 0 aliphatic carbocycles. The Morgan fingerprint density at radius 3 is 2.35 bits per heavy atom. The molecule has 1 atom stereocenters. The highest BCUT2D eigenvalue weighted by molar-refractivity contribution is 9.10. The van der Waals surface area contributed by atoms with E-state index in [0.29, 0.717) is 0 Å². The lowest BCUT2D eigenvalue weighted by molar-refractivity contribution is 0.196. The molecular weight excluding hydrogens is 296 g/mol. The van der Waals surface area contributed by atoms with Crippen molar-refractivity contribution in [3.8, 4) is 0 Å². The van der Waals surface area contributed by atoms with Gasteiger partial charge in [0.15, 0.2) is 0 Å². The lowest BCUT2D eigenvalue weighted by Crippen LogP contribution is -1.93. The van der Waals surface area contributed by atoms with Gasteiger partial charge in [-0.3, -0.25) is 0 Å². The van der Waals surface area contributed by atoms with Gasteiger partial charge in [-0.15, -0.1) is 0 Å². The number of rotatable bonds is 3. The van der Waals surface area contributed by atoms with Gasteiger partial charge < -0.3 is 5.11 Å². The summed E-state index contributed by atoms with van der Waals surface area (Å²) in [6.07, 6.45) is -0.436. The normalized spacial score (nSPS) is 12.4. The Balaban J connectivity index is 2.26. The molecule has 1 nitrogen and oxygen atoms in total. The van der Waals surface area contributed by atoms with Gasteiger partial charge in [-0.05, 0) is 42.8 Å². The number of hydrogen-bond donors (Lipinski definition) is 1. The maximum atomic E-state index is 9.71. The summed E-state index contributed by atoms with van der Waals surface area (Å²) in [5.74, 6) is 0. The van der Waals surface area contributed by atoms with Crippen LogP contribution in [0.25, 0.3) is 0 Å². The quantitative estimate of drug-likeness (QED) is 0.890. The zero-order chi connectivity index (χ0) is 12.3. The number of benzene rings is 2. The van der Waals surface area contributed by atoms with Crippen LogP contribution in [0.2, 0.25) is 0 Å². The monoisotopic (exact) mass is 308 g/mol. The average Bonchev–Trinajstić information content (AvgIpc) is 2.32. The lowest BCUT2D eigenvalue weighted by atomic mass is 10.1. The summed E-state index contributed by atoms with van der Waals surface area (Å²) in [6.45, 7) is 1.79. The van der Waals surface area contributed by atoms with Crippen LogP contribution >= 0.6 is 27.7 Å². The Morgan fingerprint density at radius 1 is 1.06 bits per heavy atom. The SMILES string of the molecule is C[C@H](O)c1ccccc1Sc1ccc(Br)cc1. The Bertz CT molecular complexity index is 494. The van der Waals surface area contributed by atoms with Crippen LogP contribution in [0.4, 0.5) is 0 Å². The molecular formula is C14H13BrOS. The van der Waals surface area contributed by atoms with E-state index in [2.05, 4.69) is 28.1 Å². The van der Waals surface area contributed by atoms with E-state index in [1.54, 1.807) is 18.7 Å². The summed E-state index contributed by atoms with van der Waals surface area (Å²) in [5, 5.41) is 9.71. The summed E-state index contributed by atoms with van der Waals surface area (Å²) in [7, 11) is 0. The molecule has 0 spiro atoms. The van der Waals surface area contributed by atoms with Gasteiger partial charge in [0.25, 0.3) is 0 Å². The Labute approximate surface area is 114 Å². The lowest BCUT2D eigenvalue weighted by Gasteiger charge is -2.11. The predicted octanol–water partition coefficient (Wildman–Crippen LogP) is 4.65. The minimum atomic E-state index is -0.436. The fourth-order valence-electron chi connectivity index (χ4n) is 1.55. The molecule has 2 aromatic carbocycles. The van der Waals surface area contributed by atoms with Crippen molar-refractivity contribution in [2.45, 2.75) is 22.8 Å². The molecule has 0 aliphatic rings. The molecule has 1 N–H and O–H groups in total. The fourth-order valence-corrected chi connectivity index (χ4v) is 2.84. The molecule has 0 unspecified atom stereocenters. The van der Waals surface area contributed by atoms with Crippen molar-refractivity contribution in [1.82, 2.24) is 0 Å². The summed E-state index contributed by atoms with van der Waals surface area (Å²) in [4.78, 5) is 2.27. The van der Waals surface area contributed by atoms with Gasteiger partial charge in [0, 0.05) is 14.3 Å². The van der Waals surface area contributed by atoms with E-state index in [9.17, 15) is 5.11 Å². The third-order valence-electron chi connectivity index (χ3n) is 2.41. The molecule has 0 saturated heterocycles. The predicted molar refractivity (Wildman–Crippen MR) is 75.3 cm³/mol. The number of aliphatic hydroxyl groups excluding tert-OH is 1. The van der Waals surface area contributed by atoms with Crippen LogP contribution in [0.3, 0.4) is 0 Å². The van der Waals surface area contributed by atoms with Crippen molar-refractivity contribution >= 4 is 27.7 Å². The smallest absolute Gasteiger partial charge is 0.0772 e. The van der Waals surface area contributed by atoms with E-state index in [0.717, 1.165) is 14.9 Å². The first-order chi connectivity index (χ1) is 8.16. The largest absolute Gasteiger partial charge is 0.389 e. The first-order valence-electron chi connectivity index (χ1n) is 5.37. The van der Waals surface area contributed by atoms with E-state index in [-0.39, 0.29) is 0 Å². The molecule has 0 bridgehead atoms. The van der Waals surface area contributed by atoms with Crippen LogP contribution in [-0.2, 0) is 0 Å². The number of aliphatic hydroxyl groups is 1. The molecule has 2 rings (SSSR count). The second kappa shape index (κ2) is 5.71. The van der Waals surface area contributed by atoms with E-state index in [4.69, 9.17) is 0 Å². The Hall–Kier alpha value is -0.770. The Morgan fingerprint density at radius 2 is 1.71 bits per heavy atom. The van der Waals surface area contributed by atoms with Crippen molar-refractivity contribution in [1.29, 1.82) is 0 Å². The number of halogens is 1. The van der Waals surface area contributed by atoms with Gasteiger partial charge in [0.1, 0.15) is 0 Å². The van der Waals surface area contributed by atoms with Gasteiger partial charge in [0.05, 0.1) is 6.10 Å². The zero-order valence-electron chi connectivity index (χ0n) is 9.43.